The van der Waals surface area contributed by atoms with Crippen LogP contribution in [0.15, 0.2) is 47.4 Å². The molecule has 1 saturated heterocycles. The molecule has 2 aromatic carbocycles. The van der Waals surface area contributed by atoms with Gasteiger partial charge in [0.15, 0.2) is 11.5 Å². The number of amides is 2. The van der Waals surface area contributed by atoms with Crippen LogP contribution < -0.4 is 14.8 Å². The van der Waals surface area contributed by atoms with E-state index in [0.29, 0.717) is 22.7 Å². The molecule has 0 bridgehead atoms. The van der Waals surface area contributed by atoms with E-state index in [0.717, 1.165) is 30.8 Å². The highest BCUT2D eigenvalue weighted by Crippen LogP contribution is 2.30. The Morgan fingerprint density at radius 1 is 1.04 bits per heavy atom. The van der Waals surface area contributed by atoms with Crippen molar-refractivity contribution in [3.8, 4) is 11.5 Å². The van der Waals surface area contributed by atoms with Gasteiger partial charge < -0.3 is 19.7 Å². The lowest BCUT2D eigenvalue weighted by molar-refractivity contribution is -0.113. The summed E-state index contributed by atoms with van der Waals surface area (Å²) in [6, 6.07) is 12.7. The molecule has 0 spiro atoms. The summed E-state index contributed by atoms with van der Waals surface area (Å²) < 4.78 is 10.5. The van der Waals surface area contributed by atoms with Gasteiger partial charge in [-0.25, -0.2) is 0 Å². The van der Waals surface area contributed by atoms with Crippen molar-refractivity contribution >= 4 is 29.3 Å². The van der Waals surface area contributed by atoms with E-state index in [-0.39, 0.29) is 17.6 Å². The Balaban J connectivity index is 1.63. The van der Waals surface area contributed by atoms with Crippen LogP contribution >= 0.6 is 11.8 Å². The summed E-state index contributed by atoms with van der Waals surface area (Å²) in [6.45, 7) is 1.61. The number of methoxy groups -OCH3 is 2. The Labute approximate surface area is 169 Å². The number of hydrogen-bond donors (Lipinski definition) is 1. The molecule has 1 heterocycles. The van der Waals surface area contributed by atoms with Gasteiger partial charge in [-0.2, -0.15) is 0 Å². The molecule has 2 aromatic rings. The van der Waals surface area contributed by atoms with Crippen LogP contribution in [-0.4, -0.2) is 49.8 Å². The van der Waals surface area contributed by atoms with Gasteiger partial charge in [0, 0.05) is 29.7 Å². The van der Waals surface area contributed by atoms with E-state index in [1.807, 2.05) is 29.2 Å². The molecular weight excluding hydrogens is 376 g/mol. The molecule has 6 nitrogen and oxygen atoms in total. The number of anilines is 1. The summed E-state index contributed by atoms with van der Waals surface area (Å²) in [7, 11) is 3.11. The smallest absolute Gasteiger partial charge is 0.254 e. The summed E-state index contributed by atoms with van der Waals surface area (Å²) in [6.07, 6.45) is 2.10. The van der Waals surface area contributed by atoms with Crippen molar-refractivity contribution in [2.75, 3.05) is 38.4 Å². The molecule has 28 heavy (non-hydrogen) atoms. The lowest BCUT2D eigenvalue weighted by atomic mass is 10.2. The molecule has 0 aromatic heterocycles. The Morgan fingerprint density at radius 2 is 1.75 bits per heavy atom. The van der Waals surface area contributed by atoms with Crippen molar-refractivity contribution in [1.29, 1.82) is 0 Å². The summed E-state index contributed by atoms with van der Waals surface area (Å²) in [5.41, 5.74) is 1.29. The number of nitrogens with zero attached hydrogens (tertiary/aromatic N) is 1. The highest BCUT2D eigenvalue weighted by Gasteiger charge is 2.22. The minimum atomic E-state index is -0.152. The van der Waals surface area contributed by atoms with Crippen LogP contribution in [0.25, 0.3) is 0 Å². The normalized spacial score (nSPS) is 13.3. The lowest BCUT2D eigenvalue weighted by Crippen LogP contribution is -2.28. The highest BCUT2D eigenvalue weighted by atomic mass is 32.2. The fourth-order valence-corrected chi connectivity index (χ4v) is 3.96. The SMILES string of the molecule is COc1ccc(NC(=O)CSc2ccccc2C(=O)N2CCCC2)cc1OC. The maximum atomic E-state index is 12.7. The zero-order valence-corrected chi connectivity index (χ0v) is 16.9. The standard InChI is InChI=1S/C21H24N2O4S/c1-26-17-10-9-15(13-18(17)27-2)22-20(24)14-28-19-8-4-3-7-16(19)21(25)23-11-5-6-12-23/h3-4,7-10,13H,5-6,11-12,14H2,1-2H3,(H,22,24). The van der Waals surface area contributed by atoms with E-state index in [2.05, 4.69) is 5.32 Å². The molecule has 1 fully saturated rings. The molecule has 0 atom stereocenters. The van der Waals surface area contributed by atoms with Gasteiger partial charge in [0.05, 0.1) is 25.5 Å². The molecule has 2 amide bonds. The molecule has 0 radical (unpaired) electrons. The highest BCUT2D eigenvalue weighted by molar-refractivity contribution is 8.00. The molecule has 3 rings (SSSR count). The zero-order chi connectivity index (χ0) is 19.9. The van der Waals surface area contributed by atoms with Gasteiger partial charge in [-0.05, 0) is 37.1 Å². The van der Waals surface area contributed by atoms with Gasteiger partial charge >= 0.3 is 0 Å². The third-order valence-corrected chi connectivity index (χ3v) is 5.61. The van der Waals surface area contributed by atoms with Gasteiger partial charge in [0.2, 0.25) is 5.91 Å². The topological polar surface area (TPSA) is 67.9 Å². The van der Waals surface area contributed by atoms with Gasteiger partial charge in [-0.15, -0.1) is 11.8 Å². The van der Waals surface area contributed by atoms with Crippen molar-refractivity contribution in [2.24, 2.45) is 0 Å². The zero-order valence-electron chi connectivity index (χ0n) is 16.1. The predicted octanol–water partition coefficient (Wildman–Crippen LogP) is 3.67. The van der Waals surface area contributed by atoms with Gasteiger partial charge in [0.1, 0.15) is 0 Å². The summed E-state index contributed by atoms with van der Waals surface area (Å²) >= 11 is 1.36. The Hall–Kier alpha value is -2.67. The first-order valence-corrected chi connectivity index (χ1v) is 10.1. The molecule has 0 aliphatic carbocycles. The van der Waals surface area contributed by atoms with Gasteiger partial charge in [-0.1, -0.05) is 12.1 Å². The molecule has 1 N–H and O–H groups in total. The predicted molar refractivity (Wildman–Crippen MR) is 110 cm³/mol. The van der Waals surface area contributed by atoms with E-state index in [4.69, 9.17) is 9.47 Å². The Bertz CT molecular complexity index is 850. The quantitative estimate of drug-likeness (QED) is 0.719. The number of likely N-dealkylation sites (tertiary alicyclic amines) is 1. The summed E-state index contributed by atoms with van der Waals surface area (Å²) in [4.78, 5) is 27.8. The van der Waals surface area contributed by atoms with Crippen molar-refractivity contribution < 1.29 is 19.1 Å². The number of thioether (sulfide) groups is 1. The maximum Gasteiger partial charge on any atom is 0.254 e. The summed E-state index contributed by atoms with van der Waals surface area (Å²) in [5, 5.41) is 2.85. The first kappa shape index (κ1) is 20.1. The van der Waals surface area contributed by atoms with E-state index in [1.165, 1.54) is 11.8 Å². The Morgan fingerprint density at radius 3 is 2.46 bits per heavy atom. The van der Waals surface area contributed by atoms with E-state index in [9.17, 15) is 9.59 Å². The number of carbonyl (C=O) groups is 2. The summed E-state index contributed by atoms with van der Waals surface area (Å²) in [5.74, 6) is 1.25. The molecule has 7 heteroatoms. The maximum absolute atomic E-state index is 12.7. The second-order valence-electron chi connectivity index (χ2n) is 6.40. The van der Waals surface area contributed by atoms with Gasteiger partial charge in [-0.3, -0.25) is 9.59 Å². The second-order valence-corrected chi connectivity index (χ2v) is 7.42. The number of hydrogen-bond acceptors (Lipinski definition) is 5. The first-order chi connectivity index (χ1) is 13.6. The average molecular weight is 401 g/mol. The minimum Gasteiger partial charge on any atom is -0.493 e. The number of ether oxygens (including phenoxy) is 2. The average Bonchev–Trinajstić information content (AvgIpc) is 3.26. The second kappa shape index (κ2) is 9.50. The molecule has 148 valence electrons. The van der Waals surface area contributed by atoms with Crippen LogP contribution in [0.2, 0.25) is 0 Å². The molecule has 1 aliphatic heterocycles. The largest absolute Gasteiger partial charge is 0.493 e. The van der Waals surface area contributed by atoms with E-state index >= 15 is 0 Å². The number of carbonyl (C=O) groups excluding carboxylic acids is 2. The molecule has 0 saturated carbocycles. The van der Waals surface area contributed by atoms with Crippen LogP contribution in [0.4, 0.5) is 5.69 Å². The van der Waals surface area contributed by atoms with Crippen LogP contribution in [0.5, 0.6) is 11.5 Å². The molecule has 0 unspecified atom stereocenters. The Kier molecular flexibility index (Phi) is 6.81. The van der Waals surface area contributed by atoms with Crippen molar-refractivity contribution in [2.45, 2.75) is 17.7 Å². The minimum absolute atomic E-state index is 0.0425. The van der Waals surface area contributed by atoms with Crippen molar-refractivity contribution in [3.05, 3.63) is 48.0 Å². The van der Waals surface area contributed by atoms with Gasteiger partial charge in [0.25, 0.3) is 5.91 Å². The number of benzene rings is 2. The van der Waals surface area contributed by atoms with Crippen LogP contribution in [0, 0.1) is 0 Å². The van der Waals surface area contributed by atoms with Crippen LogP contribution in [-0.2, 0) is 4.79 Å². The monoisotopic (exact) mass is 400 g/mol. The first-order valence-electron chi connectivity index (χ1n) is 9.15. The fourth-order valence-electron chi connectivity index (χ4n) is 3.11. The molecule has 1 aliphatic rings. The van der Waals surface area contributed by atoms with Crippen LogP contribution in [0.3, 0.4) is 0 Å². The fraction of sp³-hybridized carbons (Fsp3) is 0.333. The van der Waals surface area contributed by atoms with Crippen molar-refractivity contribution in [3.63, 3.8) is 0 Å². The van der Waals surface area contributed by atoms with Crippen LogP contribution in [0.1, 0.15) is 23.2 Å². The van der Waals surface area contributed by atoms with E-state index < -0.39 is 0 Å². The molecular formula is C21H24N2O4S. The van der Waals surface area contributed by atoms with E-state index in [1.54, 1.807) is 32.4 Å². The number of rotatable bonds is 7. The van der Waals surface area contributed by atoms with Crippen molar-refractivity contribution in [1.82, 2.24) is 4.90 Å². The third-order valence-electron chi connectivity index (χ3n) is 4.54. The number of nitrogens with one attached hydrogen (secondary N) is 1. The lowest BCUT2D eigenvalue weighted by Gasteiger charge is -2.17. The third kappa shape index (κ3) is 4.78.